The van der Waals surface area contributed by atoms with Crippen LogP contribution in [0.4, 0.5) is 0 Å². The van der Waals surface area contributed by atoms with E-state index in [1.807, 2.05) is 0 Å². The summed E-state index contributed by atoms with van der Waals surface area (Å²) in [5, 5.41) is 9.65. The van der Waals surface area contributed by atoms with Crippen molar-refractivity contribution in [1.82, 2.24) is 0 Å². The number of hydrogen-bond donors (Lipinski definition) is 1. The lowest BCUT2D eigenvalue weighted by atomic mass is 10.0. The zero-order valence-corrected chi connectivity index (χ0v) is 45.0. The van der Waals surface area contributed by atoms with E-state index in [2.05, 4.69) is 123 Å². The molecule has 0 radical (unpaired) electrons. The summed E-state index contributed by atoms with van der Waals surface area (Å²) in [6.07, 6.45) is 84.9. The minimum absolute atomic E-state index is 0.0699. The van der Waals surface area contributed by atoms with Crippen LogP contribution >= 0.6 is 0 Å². The average molecular weight is 958 g/mol. The fourth-order valence-corrected chi connectivity index (χ4v) is 8.02. The van der Waals surface area contributed by atoms with Crippen LogP contribution in [0.15, 0.2) is 109 Å². The second-order valence-electron chi connectivity index (χ2n) is 19.0. The maximum absolute atomic E-state index is 12.3. The molecule has 5 heteroatoms. The Morgan fingerprint density at radius 1 is 0.348 bits per heavy atom. The SMILES string of the molecule is CC/C=C\C/C=C\C/C=C\C/C=C\C/C=C\C/C=C\C/C=C\C/C=C\C/C=C\CCCCCCCCCCCC(=O)OC(CO)COC(=O)CCCCCCCCCCCCCCCCCCCC. The number of carbonyl (C=O) groups excluding carboxylic acids is 2. The number of aliphatic hydroxyl groups is 1. The van der Waals surface area contributed by atoms with Crippen LogP contribution in [0.3, 0.4) is 0 Å². The first kappa shape index (κ1) is 65.6. The fraction of sp³-hybridized carbons (Fsp3) is 0.688. The van der Waals surface area contributed by atoms with Gasteiger partial charge in [0.1, 0.15) is 6.61 Å². The second kappa shape index (κ2) is 58.9. The van der Waals surface area contributed by atoms with Crippen molar-refractivity contribution < 1.29 is 24.2 Å². The number of unbranched alkanes of at least 4 members (excludes halogenated alkanes) is 26. The van der Waals surface area contributed by atoms with E-state index < -0.39 is 6.10 Å². The molecule has 1 atom stereocenters. The Bertz CT molecular complexity index is 1360. The molecule has 69 heavy (non-hydrogen) atoms. The van der Waals surface area contributed by atoms with Crippen molar-refractivity contribution >= 4 is 11.9 Å². The highest BCUT2D eigenvalue weighted by Gasteiger charge is 2.16. The largest absolute Gasteiger partial charge is 0.462 e. The molecule has 0 bridgehead atoms. The molecule has 0 heterocycles. The highest BCUT2D eigenvalue weighted by Crippen LogP contribution is 2.16. The molecule has 0 aromatic rings. The van der Waals surface area contributed by atoms with Gasteiger partial charge in [0.05, 0.1) is 6.61 Å². The Balaban J connectivity index is 3.56. The normalized spacial score (nSPS) is 13.0. The fourth-order valence-electron chi connectivity index (χ4n) is 8.02. The Kier molecular flexibility index (Phi) is 55.9. The summed E-state index contributed by atoms with van der Waals surface area (Å²) in [7, 11) is 0. The number of carbonyl (C=O) groups is 2. The molecule has 0 amide bonds. The van der Waals surface area contributed by atoms with Crippen LogP contribution < -0.4 is 0 Å². The summed E-state index contributed by atoms with van der Waals surface area (Å²) < 4.78 is 10.7. The van der Waals surface area contributed by atoms with Crippen molar-refractivity contribution in [1.29, 1.82) is 0 Å². The molecular weight excluding hydrogens is 849 g/mol. The van der Waals surface area contributed by atoms with E-state index in [-0.39, 0.29) is 25.2 Å². The Labute approximate surface area is 427 Å². The number of esters is 2. The van der Waals surface area contributed by atoms with Crippen molar-refractivity contribution in [2.75, 3.05) is 13.2 Å². The lowest BCUT2D eigenvalue weighted by Crippen LogP contribution is -2.28. The minimum Gasteiger partial charge on any atom is -0.462 e. The van der Waals surface area contributed by atoms with Gasteiger partial charge in [0.2, 0.25) is 0 Å². The highest BCUT2D eigenvalue weighted by molar-refractivity contribution is 5.70. The molecule has 1 N–H and O–H groups in total. The van der Waals surface area contributed by atoms with Crippen molar-refractivity contribution in [3.8, 4) is 0 Å². The Hall–Kier alpha value is -3.44. The molecule has 0 saturated heterocycles. The number of allylic oxidation sites excluding steroid dienone is 18. The first-order chi connectivity index (χ1) is 34.1. The van der Waals surface area contributed by atoms with Gasteiger partial charge in [-0.2, -0.15) is 0 Å². The zero-order chi connectivity index (χ0) is 49.9. The van der Waals surface area contributed by atoms with E-state index in [4.69, 9.17) is 9.47 Å². The molecule has 0 aromatic carbocycles. The summed E-state index contributed by atoms with van der Waals surface area (Å²) >= 11 is 0. The van der Waals surface area contributed by atoms with Gasteiger partial charge in [0.25, 0.3) is 0 Å². The molecule has 0 rings (SSSR count). The van der Waals surface area contributed by atoms with Crippen molar-refractivity contribution in [3.05, 3.63) is 109 Å². The monoisotopic (exact) mass is 957 g/mol. The average Bonchev–Trinajstić information content (AvgIpc) is 3.35. The van der Waals surface area contributed by atoms with Crippen molar-refractivity contribution in [3.63, 3.8) is 0 Å². The summed E-state index contributed by atoms with van der Waals surface area (Å²) in [5.74, 6) is -0.593. The minimum atomic E-state index is -0.780. The van der Waals surface area contributed by atoms with Crippen LogP contribution in [-0.2, 0) is 19.1 Å². The van der Waals surface area contributed by atoms with E-state index in [9.17, 15) is 14.7 Å². The predicted molar refractivity (Wildman–Crippen MR) is 302 cm³/mol. The van der Waals surface area contributed by atoms with Gasteiger partial charge in [-0.05, 0) is 83.5 Å². The van der Waals surface area contributed by atoms with Crippen LogP contribution in [0.2, 0.25) is 0 Å². The Morgan fingerprint density at radius 2 is 0.623 bits per heavy atom. The highest BCUT2D eigenvalue weighted by atomic mass is 16.6. The summed E-state index contributed by atoms with van der Waals surface area (Å²) in [5.41, 5.74) is 0. The molecule has 0 aliphatic carbocycles. The maximum atomic E-state index is 12.3. The van der Waals surface area contributed by atoms with E-state index in [1.54, 1.807) is 0 Å². The van der Waals surface area contributed by atoms with Crippen LogP contribution in [0.1, 0.15) is 264 Å². The molecule has 0 aliphatic rings. The van der Waals surface area contributed by atoms with E-state index in [0.717, 1.165) is 103 Å². The quantitative estimate of drug-likeness (QED) is 0.0374. The van der Waals surface area contributed by atoms with Crippen molar-refractivity contribution in [2.45, 2.75) is 270 Å². The van der Waals surface area contributed by atoms with Gasteiger partial charge in [-0.15, -0.1) is 0 Å². The van der Waals surface area contributed by atoms with E-state index in [0.29, 0.717) is 12.8 Å². The number of hydrogen-bond acceptors (Lipinski definition) is 5. The number of ether oxygens (including phenoxy) is 2. The lowest BCUT2D eigenvalue weighted by molar-refractivity contribution is -0.161. The molecule has 0 saturated carbocycles. The van der Waals surface area contributed by atoms with Gasteiger partial charge >= 0.3 is 11.9 Å². The van der Waals surface area contributed by atoms with Gasteiger partial charge in [0.15, 0.2) is 6.10 Å². The number of aliphatic hydroxyl groups excluding tert-OH is 1. The van der Waals surface area contributed by atoms with Gasteiger partial charge < -0.3 is 14.6 Å². The molecule has 394 valence electrons. The maximum Gasteiger partial charge on any atom is 0.306 e. The molecule has 0 aromatic heterocycles. The Morgan fingerprint density at radius 3 is 0.942 bits per heavy atom. The van der Waals surface area contributed by atoms with Crippen molar-refractivity contribution in [2.24, 2.45) is 0 Å². The molecular formula is C64H108O5. The van der Waals surface area contributed by atoms with Crippen LogP contribution in [-0.4, -0.2) is 36.4 Å². The van der Waals surface area contributed by atoms with E-state index in [1.165, 1.54) is 135 Å². The zero-order valence-electron chi connectivity index (χ0n) is 45.0. The third kappa shape index (κ3) is 57.0. The lowest BCUT2D eigenvalue weighted by Gasteiger charge is -2.15. The van der Waals surface area contributed by atoms with Crippen LogP contribution in [0.5, 0.6) is 0 Å². The molecule has 0 aliphatic heterocycles. The molecule has 0 fully saturated rings. The predicted octanol–water partition coefficient (Wildman–Crippen LogP) is 19.7. The molecule has 5 nitrogen and oxygen atoms in total. The first-order valence-corrected chi connectivity index (χ1v) is 28.9. The first-order valence-electron chi connectivity index (χ1n) is 28.9. The van der Waals surface area contributed by atoms with Gasteiger partial charge in [-0.3, -0.25) is 9.59 Å². The summed E-state index contributed by atoms with van der Waals surface area (Å²) in [6.45, 7) is 4.04. The smallest absolute Gasteiger partial charge is 0.306 e. The van der Waals surface area contributed by atoms with Gasteiger partial charge in [-0.1, -0.05) is 277 Å². The van der Waals surface area contributed by atoms with Gasteiger partial charge in [-0.25, -0.2) is 0 Å². The van der Waals surface area contributed by atoms with Gasteiger partial charge in [0, 0.05) is 12.8 Å². The standard InChI is InChI=1S/C64H108O5/c1-3-5-7-9-11-13-15-17-19-21-23-24-25-26-27-28-29-30-31-32-33-34-35-36-37-38-39-40-41-43-45-47-49-51-53-55-57-59-64(67)69-62(60-65)61-68-63(66)58-56-54-52-50-48-46-44-42-22-20-18-16-14-12-10-8-6-4-2/h5,7,11,13,17,19,23-24,26-27,29-30,32-33,35-36,38-39,62,65H,3-4,6,8-10,12,14-16,18,20-22,25,28,31,34,37,40-61H2,1-2H3/b7-5-,13-11-,19-17-,24-23-,27-26-,30-29-,33-32-,36-35-,39-38-. The molecule has 0 spiro atoms. The van der Waals surface area contributed by atoms with Crippen LogP contribution in [0, 0.1) is 0 Å². The number of rotatable bonds is 52. The summed E-state index contributed by atoms with van der Waals surface area (Å²) in [6, 6.07) is 0. The third-order valence-electron chi connectivity index (χ3n) is 12.3. The molecule has 1 unspecified atom stereocenters. The second-order valence-corrected chi connectivity index (χ2v) is 19.0. The third-order valence-corrected chi connectivity index (χ3v) is 12.3. The van der Waals surface area contributed by atoms with E-state index >= 15 is 0 Å². The summed E-state index contributed by atoms with van der Waals surface area (Å²) in [4.78, 5) is 24.5. The topological polar surface area (TPSA) is 72.8 Å². The van der Waals surface area contributed by atoms with Crippen LogP contribution in [0.25, 0.3) is 0 Å².